The van der Waals surface area contributed by atoms with Crippen molar-refractivity contribution in [2.45, 2.75) is 51.5 Å². The second kappa shape index (κ2) is 9.89. The van der Waals surface area contributed by atoms with Gasteiger partial charge in [0.1, 0.15) is 0 Å². The Labute approximate surface area is 174 Å². The van der Waals surface area contributed by atoms with Gasteiger partial charge in [0.15, 0.2) is 5.78 Å². The van der Waals surface area contributed by atoms with Crippen molar-refractivity contribution in [1.82, 2.24) is 9.47 Å². The molecule has 0 saturated carbocycles. The fraction of sp³-hybridized carbons (Fsp3) is 0.423. The lowest BCUT2D eigenvalue weighted by atomic mass is 10.0. The summed E-state index contributed by atoms with van der Waals surface area (Å²) in [6.45, 7) is 4.52. The van der Waals surface area contributed by atoms with Crippen molar-refractivity contribution in [2.75, 3.05) is 19.6 Å². The number of carbonyl (C=O) groups excluding carboxylic acids is 1. The van der Waals surface area contributed by atoms with E-state index in [1.807, 2.05) is 12.1 Å². The first-order valence-corrected chi connectivity index (χ1v) is 11.2. The van der Waals surface area contributed by atoms with Crippen LogP contribution in [0.4, 0.5) is 0 Å². The van der Waals surface area contributed by atoms with Gasteiger partial charge in [0.25, 0.3) is 0 Å². The number of hydrogen-bond acceptors (Lipinski definition) is 2. The fourth-order valence-electron chi connectivity index (χ4n) is 4.50. The summed E-state index contributed by atoms with van der Waals surface area (Å²) in [6, 6.07) is 18.7. The Balaban J connectivity index is 1.36. The van der Waals surface area contributed by atoms with Crippen LogP contribution in [0.1, 0.15) is 60.9 Å². The third-order valence-electron chi connectivity index (χ3n) is 6.11. The molecule has 0 bridgehead atoms. The second-order valence-electron chi connectivity index (χ2n) is 8.31. The third kappa shape index (κ3) is 5.16. The summed E-state index contributed by atoms with van der Waals surface area (Å²) in [4.78, 5) is 15.6. The van der Waals surface area contributed by atoms with E-state index in [9.17, 15) is 4.79 Å². The topological polar surface area (TPSA) is 25.2 Å². The van der Waals surface area contributed by atoms with Gasteiger partial charge in [-0.05, 0) is 56.9 Å². The quantitative estimate of drug-likeness (QED) is 0.336. The van der Waals surface area contributed by atoms with E-state index >= 15 is 0 Å². The molecule has 3 aromatic rings. The number of ketones is 1. The van der Waals surface area contributed by atoms with Gasteiger partial charge in [-0.1, -0.05) is 61.4 Å². The minimum Gasteiger partial charge on any atom is -0.342 e. The molecule has 3 nitrogen and oxygen atoms in total. The van der Waals surface area contributed by atoms with Gasteiger partial charge in [-0.15, -0.1) is 0 Å². The van der Waals surface area contributed by atoms with Gasteiger partial charge in [-0.25, -0.2) is 0 Å². The van der Waals surface area contributed by atoms with Gasteiger partial charge < -0.3 is 9.47 Å². The molecule has 3 heteroatoms. The van der Waals surface area contributed by atoms with Crippen LogP contribution in [0.3, 0.4) is 0 Å². The van der Waals surface area contributed by atoms with E-state index in [4.69, 9.17) is 0 Å². The number of piperidine rings is 1. The molecule has 1 fully saturated rings. The average molecular weight is 389 g/mol. The number of likely N-dealkylation sites (tertiary alicyclic amines) is 1. The summed E-state index contributed by atoms with van der Waals surface area (Å²) in [7, 11) is 0. The molecule has 4 rings (SSSR count). The van der Waals surface area contributed by atoms with E-state index < -0.39 is 0 Å². The van der Waals surface area contributed by atoms with Crippen molar-refractivity contribution in [1.29, 1.82) is 0 Å². The lowest BCUT2D eigenvalue weighted by Gasteiger charge is -2.26. The first kappa shape index (κ1) is 19.9. The molecule has 152 valence electrons. The number of benzene rings is 2. The number of unbranched alkanes of at least 4 members (excludes halogenated alkanes) is 2. The smallest absolute Gasteiger partial charge is 0.165 e. The number of hydrogen-bond donors (Lipinski definition) is 0. The number of carbonyl (C=O) groups is 1. The van der Waals surface area contributed by atoms with Crippen molar-refractivity contribution >= 4 is 16.7 Å². The maximum absolute atomic E-state index is 13.0. The Hall–Kier alpha value is -2.39. The number of aromatic nitrogens is 1. The van der Waals surface area contributed by atoms with Crippen LogP contribution in [-0.2, 0) is 6.54 Å². The SMILES string of the molecule is O=C(CCCCCN1CCCCC1)c1cn(Cc2ccccc2)c2ccccc12. The number of rotatable bonds is 9. The lowest BCUT2D eigenvalue weighted by Crippen LogP contribution is -2.30. The summed E-state index contributed by atoms with van der Waals surface area (Å²) >= 11 is 0. The van der Waals surface area contributed by atoms with Crippen LogP contribution in [-0.4, -0.2) is 34.9 Å². The predicted octanol–water partition coefficient (Wildman–Crippen LogP) is 5.92. The van der Waals surface area contributed by atoms with Crippen LogP contribution in [0.2, 0.25) is 0 Å². The summed E-state index contributed by atoms with van der Waals surface area (Å²) in [5.74, 6) is 0.283. The van der Waals surface area contributed by atoms with Gasteiger partial charge in [-0.3, -0.25) is 4.79 Å². The van der Waals surface area contributed by atoms with Crippen LogP contribution < -0.4 is 0 Å². The molecular formula is C26H32N2O. The zero-order valence-electron chi connectivity index (χ0n) is 17.4. The molecule has 2 heterocycles. The second-order valence-corrected chi connectivity index (χ2v) is 8.31. The maximum Gasteiger partial charge on any atom is 0.165 e. The highest BCUT2D eigenvalue weighted by molar-refractivity contribution is 6.08. The zero-order valence-corrected chi connectivity index (χ0v) is 17.4. The minimum absolute atomic E-state index is 0.283. The molecule has 1 aliphatic rings. The van der Waals surface area contributed by atoms with Gasteiger partial charge in [0.05, 0.1) is 0 Å². The standard InChI is InChI=1S/C26H32N2O/c29-26(16-6-2-9-17-27-18-10-3-11-19-27)24-21-28(20-22-12-4-1-5-13-22)25-15-8-7-14-23(24)25/h1,4-5,7-8,12-15,21H,2-3,6,9-11,16-20H2. The molecular weight excluding hydrogens is 356 g/mol. The van der Waals surface area contributed by atoms with E-state index in [1.54, 1.807) is 0 Å². The molecule has 0 aliphatic carbocycles. The van der Waals surface area contributed by atoms with Gasteiger partial charge in [0, 0.05) is 35.6 Å². The molecule has 1 aromatic heterocycles. The van der Waals surface area contributed by atoms with E-state index in [2.05, 4.69) is 58.1 Å². The molecule has 0 spiro atoms. The molecule has 0 radical (unpaired) electrons. The Kier molecular flexibility index (Phi) is 6.79. The highest BCUT2D eigenvalue weighted by Crippen LogP contribution is 2.24. The average Bonchev–Trinajstić information content (AvgIpc) is 3.13. The number of Topliss-reactive ketones (excluding diaryl/α,β-unsaturated/α-hetero) is 1. The molecule has 1 aliphatic heterocycles. The third-order valence-corrected chi connectivity index (χ3v) is 6.11. The van der Waals surface area contributed by atoms with Gasteiger partial charge in [0.2, 0.25) is 0 Å². The van der Waals surface area contributed by atoms with Gasteiger partial charge in [-0.2, -0.15) is 0 Å². The number of para-hydroxylation sites is 1. The van der Waals surface area contributed by atoms with E-state index in [-0.39, 0.29) is 5.78 Å². The molecule has 0 atom stereocenters. The van der Waals surface area contributed by atoms with Crippen molar-refractivity contribution in [3.63, 3.8) is 0 Å². The monoisotopic (exact) mass is 388 g/mol. The van der Waals surface area contributed by atoms with E-state index in [0.29, 0.717) is 6.42 Å². The molecule has 0 unspecified atom stereocenters. The van der Waals surface area contributed by atoms with Crippen LogP contribution >= 0.6 is 0 Å². The summed E-state index contributed by atoms with van der Waals surface area (Å²) in [5, 5.41) is 1.08. The summed E-state index contributed by atoms with van der Waals surface area (Å²) < 4.78 is 2.22. The Bertz CT molecular complexity index is 922. The van der Waals surface area contributed by atoms with Crippen molar-refractivity contribution in [3.8, 4) is 0 Å². The van der Waals surface area contributed by atoms with Crippen molar-refractivity contribution in [2.24, 2.45) is 0 Å². The Morgan fingerprint density at radius 2 is 1.59 bits per heavy atom. The summed E-state index contributed by atoms with van der Waals surface area (Å²) in [5.41, 5.74) is 3.28. The van der Waals surface area contributed by atoms with Crippen LogP contribution in [0.5, 0.6) is 0 Å². The van der Waals surface area contributed by atoms with E-state index in [0.717, 1.165) is 35.9 Å². The first-order valence-electron chi connectivity index (χ1n) is 11.2. The maximum atomic E-state index is 13.0. The fourth-order valence-corrected chi connectivity index (χ4v) is 4.50. The predicted molar refractivity (Wildman–Crippen MR) is 121 cm³/mol. The lowest BCUT2D eigenvalue weighted by molar-refractivity contribution is 0.0980. The molecule has 29 heavy (non-hydrogen) atoms. The van der Waals surface area contributed by atoms with Gasteiger partial charge >= 0.3 is 0 Å². The minimum atomic E-state index is 0.283. The highest BCUT2D eigenvalue weighted by atomic mass is 16.1. The number of fused-ring (bicyclic) bond motifs is 1. The molecule has 0 amide bonds. The van der Waals surface area contributed by atoms with Crippen molar-refractivity contribution in [3.05, 3.63) is 71.9 Å². The Morgan fingerprint density at radius 3 is 2.41 bits per heavy atom. The Morgan fingerprint density at radius 1 is 0.828 bits per heavy atom. The molecule has 0 N–H and O–H groups in total. The molecule has 2 aromatic carbocycles. The van der Waals surface area contributed by atoms with E-state index in [1.165, 1.54) is 50.9 Å². The highest BCUT2D eigenvalue weighted by Gasteiger charge is 2.15. The zero-order chi connectivity index (χ0) is 19.9. The number of nitrogens with zero attached hydrogens (tertiary/aromatic N) is 2. The van der Waals surface area contributed by atoms with Crippen LogP contribution in [0.15, 0.2) is 60.8 Å². The van der Waals surface area contributed by atoms with Crippen molar-refractivity contribution < 1.29 is 4.79 Å². The first-order chi connectivity index (χ1) is 14.3. The largest absolute Gasteiger partial charge is 0.342 e. The van der Waals surface area contributed by atoms with Crippen LogP contribution in [0, 0.1) is 0 Å². The summed E-state index contributed by atoms with van der Waals surface area (Å²) in [6.07, 6.45) is 10.2. The normalized spacial score (nSPS) is 15.0. The molecule has 1 saturated heterocycles. The van der Waals surface area contributed by atoms with Crippen LogP contribution in [0.25, 0.3) is 10.9 Å².